The van der Waals surface area contributed by atoms with Crippen LogP contribution in [0.1, 0.15) is 76.1 Å². The summed E-state index contributed by atoms with van der Waals surface area (Å²) in [7, 11) is 0. The third-order valence-corrected chi connectivity index (χ3v) is 8.73. The molecular weight excluding hydrogens is 404 g/mol. The van der Waals surface area contributed by atoms with Crippen LogP contribution in [0.4, 0.5) is 0 Å². The van der Waals surface area contributed by atoms with E-state index in [9.17, 15) is 14.7 Å². The number of carbonyl (C=O) groups is 2. The molecule has 3 aliphatic rings. The molecule has 0 spiro atoms. The lowest BCUT2D eigenvalue weighted by Crippen LogP contribution is -2.58. The molecule has 1 aromatic heterocycles. The van der Waals surface area contributed by atoms with Crippen LogP contribution in [0.15, 0.2) is 18.7 Å². The van der Waals surface area contributed by atoms with Gasteiger partial charge in [0.1, 0.15) is 6.33 Å². The number of piperidine rings is 1. The van der Waals surface area contributed by atoms with E-state index >= 15 is 0 Å². The third-order valence-electron chi connectivity index (χ3n) is 8.73. The van der Waals surface area contributed by atoms with Gasteiger partial charge in [0, 0.05) is 37.4 Å². The molecule has 2 saturated carbocycles. The molecule has 2 N–H and O–H groups in total. The van der Waals surface area contributed by atoms with Crippen molar-refractivity contribution in [3.05, 3.63) is 24.3 Å². The maximum absolute atomic E-state index is 13.2. The van der Waals surface area contributed by atoms with E-state index in [2.05, 4.69) is 29.1 Å². The number of nitrogens with zero attached hydrogens (tertiary/aromatic N) is 3. The summed E-state index contributed by atoms with van der Waals surface area (Å²) in [6, 6.07) is -0.0118. The Kier molecular flexibility index (Phi) is 6.84. The minimum atomic E-state index is -0.535. The summed E-state index contributed by atoms with van der Waals surface area (Å²) >= 11 is 0. The summed E-state index contributed by atoms with van der Waals surface area (Å²) in [5, 5.41) is 14.8. The van der Waals surface area contributed by atoms with Gasteiger partial charge >= 0.3 is 0 Å². The molecular formula is C25H38N4O3. The zero-order valence-electron chi connectivity index (χ0n) is 19.7. The molecule has 0 aromatic carbocycles. The van der Waals surface area contributed by atoms with Crippen LogP contribution in [0.25, 0.3) is 0 Å². The van der Waals surface area contributed by atoms with Gasteiger partial charge in [-0.05, 0) is 68.1 Å². The lowest BCUT2D eigenvalue weighted by atomic mass is 9.51. The largest absolute Gasteiger partial charge is 0.392 e. The van der Waals surface area contributed by atoms with Crippen molar-refractivity contribution in [3.63, 3.8) is 0 Å². The summed E-state index contributed by atoms with van der Waals surface area (Å²) in [6.07, 6.45) is 11.1. The average Bonchev–Trinajstić information content (AvgIpc) is 2.81. The maximum Gasteiger partial charge on any atom is 0.254 e. The number of fused-ring (bicyclic) bond motifs is 1. The zero-order valence-corrected chi connectivity index (χ0v) is 19.7. The molecule has 32 heavy (non-hydrogen) atoms. The van der Waals surface area contributed by atoms with E-state index in [0.717, 1.165) is 51.6 Å². The average molecular weight is 443 g/mol. The lowest BCUT2D eigenvalue weighted by Gasteiger charge is -2.56. The Labute approximate surface area is 191 Å². The molecule has 0 radical (unpaired) electrons. The second-order valence-electron chi connectivity index (χ2n) is 10.7. The van der Waals surface area contributed by atoms with Crippen molar-refractivity contribution in [2.75, 3.05) is 13.1 Å². The maximum atomic E-state index is 13.2. The molecule has 2 heterocycles. The molecule has 1 aromatic rings. The number of hydrogen-bond acceptors (Lipinski definition) is 5. The first-order valence-electron chi connectivity index (χ1n) is 12.3. The highest BCUT2D eigenvalue weighted by atomic mass is 16.3. The molecule has 4 rings (SSSR count). The van der Waals surface area contributed by atoms with Crippen LogP contribution < -0.4 is 5.32 Å². The Morgan fingerprint density at radius 1 is 1.16 bits per heavy atom. The van der Waals surface area contributed by atoms with Crippen molar-refractivity contribution in [1.82, 2.24) is 20.2 Å². The number of aliphatic hydroxyl groups is 1. The van der Waals surface area contributed by atoms with E-state index in [1.54, 1.807) is 0 Å². The van der Waals surface area contributed by atoms with Crippen molar-refractivity contribution in [2.24, 2.45) is 29.1 Å². The highest BCUT2D eigenvalue weighted by Crippen LogP contribution is 2.55. The minimum Gasteiger partial charge on any atom is -0.392 e. The van der Waals surface area contributed by atoms with Crippen LogP contribution in [0.3, 0.4) is 0 Å². The molecule has 2 amide bonds. The summed E-state index contributed by atoms with van der Waals surface area (Å²) in [6.45, 7) is 8.14. The Morgan fingerprint density at radius 3 is 2.50 bits per heavy atom. The molecule has 176 valence electrons. The topological polar surface area (TPSA) is 95.4 Å². The predicted octanol–water partition coefficient (Wildman–Crippen LogP) is 3.05. The second kappa shape index (κ2) is 9.46. The van der Waals surface area contributed by atoms with Gasteiger partial charge in [0.25, 0.3) is 5.91 Å². The zero-order chi connectivity index (χ0) is 22.9. The van der Waals surface area contributed by atoms with Crippen molar-refractivity contribution in [1.29, 1.82) is 0 Å². The third kappa shape index (κ3) is 4.41. The van der Waals surface area contributed by atoms with Gasteiger partial charge in [-0.15, -0.1) is 0 Å². The van der Waals surface area contributed by atoms with Gasteiger partial charge in [0.05, 0.1) is 11.7 Å². The van der Waals surface area contributed by atoms with Gasteiger partial charge in [-0.25, -0.2) is 9.97 Å². The molecule has 7 nitrogen and oxygen atoms in total. The van der Waals surface area contributed by atoms with Crippen molar-refractivity contribution in [3.8, 4) is 0 Å². The number of hydrogen-bond donors (Lipinski definition) is 2. The fourth-order valence-corrected chi connectivity index (χ4v) is 6.75. The molecule has 1 unspecified atom stereocenters. The number of aliphatic hydroxyl groups excluding tert-OH is 1. The van der Waals surface area contributed by atoms with Gasteiger partial charge in [-0.2, -0.15) is 0 Å². The first-order valence-corrected chi connectivity index (χ1v) is 12.3. The van der Waals surface area contributed by atoms with Gasteiger partial charge in [0.15, 0.2) is 0 Å². The summed E-state index contributed by atoms with van der Waals surface area (Å²) < 4.78 is 0. The second-order valence-corrected chi connectivity index (χ2v) is 10.7. The van der Waals surface area contributed by atoms with Crippen molar-refractivity contribution < 1.29 is 14.7 Å². The Morgan fingerprint density at radius 2 is 1.81 bits per heavy atom. The number of likely N-dealkylation sites (tertiary alicyclic amines) is 1. The standard InChI is InChI=1S/C25H38N4O3/c1-16(24(32)29-11-5-4-6-12-29)19-7-9-25(3)10-8-20(17(2)21(25)22(19)30)28-23(31)18-13-26-15-27-14-18/h13-17,19-22,30H,4-12H2,1-3H3,(H,28,31)/t16-,17+,19?,20-,21+,22-,25-/m0/s1. The number of aromatic nitrogens is 2. The van der Waals surface area contributed by atoms with E-state index < -0.39 is 6.10 Å². The molecule has 3 fully saturated rings. The number of amides is 2. The number of rotatable bonds is 4. The van der Waals surface area contributed by atoms with Crippen LogP contribution in [0, 0.1) is 29.1 Å². The molecule has 1 aliphatic heterocycles. The molecule has 0 bridgehead atoms. The first-order chi connectivity index (χ1) is 15.3. The smallest absolute Gasteiger partial charge is 0.254 e. The number of carbonyl (C=O) groups excluding carboxylic acids is 2. The highest BCUT2D eigenvalue weighted by Gasteiger charge is 2.54. The minimum absolute atomic E-state index is 0.0118. The van der Waals surface area contributed by atoms with Gasteiger partial charge in [0.2, 0.25) is 5.91 Å². The highest BCUT2D eigenvalue weighted by molar-refractivity contribution is 5.93. The van der Waals surface area contributed by atoms with E-state index in [4.69, 9.17) is 0 Å². The fraction of sp³-hybridized carbons (Fsp3) is 0.760. The summed E-state index contributed by atoms with van der Waals surface area (Å²) in [5.41, 5.74) is 0.496. The van der Waals surface area contributed by atoms with E-state index in [-0.39, 0.29) is 46.9 Å². The van der Waals surface area contributed by atoms with Crippen LogP contribution >= 0.6 is 0 Å². The van der Waals surface area contributed by atoms with E-state index in [0.29, 0.717) is 5.56 Å². The number of nitrogens with one attached hydrogen (secondary N) is 1. The Hall–Kier alpha value is -2.02. The normalized spacial score (nSPS) is 36.1. The van der Waals surface area contributed by atoms with Gasteiger partial charge < -0.3 is 15.3 Å². The summed E-state index contributed by atoms with van der Waals surface area (Å²) in [5.74, 6) is 0.0239. The van der Waals surface area contributed by atoms with E-state index in [1.165, 1.54) is 25.1 Å². The summed E-state index contributed by atoms with van der Waals surface area (Å²) in [4.78, 5) is 35.8. The molecule has 7 heteroatoms. The van der Waals surface area contributed by atoms with Crippen molar-refractivity contribution >= 4 is 11.8 Å². The Bertz CT molecular complexity index is 813. The van der Waals surface area contributed by atoms with Gasteiger partial charge in [-0.1, -0.05) is 20.8 Å². The first kappa shape index (κ1) is 23.1. The van der Waals surface area contributed by atoms with Crippen LogP contribution in [0.5, 0.6) is 0 Å². The van der Waals surface area contributed by atoms with Crippen LogP contribution in [0.2, 0.25) is 0 Å². The molecule has 2 aliphatic carbocycles. The Balaban J connectivity index is 1.47. The monoisotopic (exact) mass is 442 g/mol. The van der Waals surface area contributed by atoms with Crippen molar-refractivity contribution in [2.45, 2.75) is 77.9 Å². The van der Waals surface area contributed by atoms with Gasteiger partial charge in [-0.3, -0.25) is 9.59 Å². The molecule has 7 atom stereocenters. The van der Waals surface area contributed by atoms with Crippen LogP contribution in [-0.2, 0) is 4.79 Å². The van der Waals surface area contributed by atoms with E-state index in [1.807, 2.05) is 11.8 Å². The SMILES string of the molecule is C[C@H]1[C@@H]2[C@@H](O)C([C@H](C)C(=O)N3CCCCC3)CC[C@@]2(C)CC[C@@H]1NC(=O)c1cncnc1. The molecule has 1 saturated heterocycles. The lowest BCUT2D eigenvalue weighted by molar-refractivity contribution is -0.150. The predicted molar refractivity (Wildman–Crippen MR) is 122 cm³/mol. The van der Waals surface area contributed by atoms with Crippen LogP contribution in [-0.4, -0.2) is 57.0 Å². The quantitative estimate of drug-likeness (QED) is 0.747. The fourth-order valence-electron chi connectivity index (χ4n) is 6.75.